The van der Waals surface area contributed by atoms with Crippen molar-refractivity contribution in [1.82, 2.24) is 4.90 Å². The number of hydrogen-bond acceptors (Lipinski definition) is 4. The van der Waals surface area contributed by atoms with E-state index in [0.29, 0.717) is 63.4 Å². The molecule has 0 aliphatic carbocycles. The van der Waals surface area contributed by atoms with Crippen molar-refractivity contribution in [3.05, 3.63) is 118 Å². The van der Waals surface area contributed by atoms with Gasteiger partial charge in [-0.05, 0) is 72.6 Å². The lowest BCUT2D eigenvalue weighted by Crippen LogP contribution is -2.49. The summed E-state index contributed by atoms with van der Waals surface area (Å²) < 4.78 is 27.3. The van der Waals surface area contributed by atoms with E-state index in [1.165, 1.54) is 17.0 Å². The van der Waals surface area contributed by atoms with Crippen LogP contribution in [0.15, 0.2) is 94.7 Å². The molecule has 41 heavy (non-hydrogen) atoms. The second-order valence-electron chi connectivity index (χ2n) is 10.2. The van der Waals surface area contributed by atoms with Crippen LogP contribution in [0, 0.1) is 12.7 Å². The molecule has 0 aromatic heterocycles. The number of nitrogens with zero attached hydrogens (tertiary/aromatic N) is 3. The molecule has 6 nitrogen and oxygen atoms in total. The minimum Gasteiger partial charge on any atom is -0.368 e. The van der Waals surface area contributed by atoms with Gasteiger partial charge in [-0.25, -0.2) is 8.60 Å². The molecule has 2 aliphatic heterocycles. The average molecular weight is 588 g/mol. The van der Waals surface area contributed by atoms with Crippen molar-refractivity contribution in [1.29, 1.82) is 0 Å². The second-order valence-corrected chi connectivity index (χ2v) is 12.0. The first kappa shape index (κ1) is 27.2. The Hall–Kier alpha value is -4.01. The first-order chi connectivity index (χ1) is 19.8. The van der Waals surface area contributed by atoms with Gasteiger partial charge in [0.05, 0.1) is 38.4 Å². The van der Waals surface area contributed by atoms with Crippen LogP contribution in [0.25, 0.3) is 0 Å². The monoisotopic (exact) mass is 587 g/mol. The molecule has 2 amide bonds. The minimum absolute atomic E-state index is 0.132. The van der Waals surface area contributed by atoms with E-state index in [2.05, 4.69) is 4.90 Å². The number of rotatable bonds is 4. The van der Waals surface area contributed by atoms with Crippen molar-refractivity contribution in [2.75, 3.05) is 36.0 Å². The molecule has 0 N–H and O–H groups in total. The maximum Gasteiger partial charge on any atom is 0.259 e. The van der Waals surface area contributed by atoms with Crippen LogP contribution in [0.3, 0.4) is 0 Å². The third kappa shape index (κ3) is 5.25. The van der Waals surface area contributed by atoms with Gasteiger partial charge in [0.15, 0.2) is 0 Å². The summed E-state index contributed by atoms with van der Waals surface area (Å²) in [7, 11) is -1.63. The normalized spacial score (nSPS) is 16.7. The first-order valence-corrected chi connectivity index (χ1v) is 14.8. The summed E-state index contributed by atoms with van der Waals surface area (Å²) >= 11 is 6.23. The lowest BCUT2D eigenvalue weighted by atomic mass is 10.1. The van der Waals surface area contributed by atoms with E-state index >= 15 is 0 Å². The number of anilines is 2. The quantitative estimate of drug-likeness (QED) is 0.290. The molecule has 4 aromatic rings. The van der Waals surface area contributed by atoms with Crippen LogP contribution >= 0.6 is 11.6 Å². The summed E-state index contributed by atoms with van der Waals surface area (Å²) in [6, 6.07) is 23.6. The minimum atomic E-state index is -1.63. The van der Waals surface area contributed by atoms with Gasteiger partial charge in [0.1, 0.15) is 5.82 Å². The topological polar surface area (TPSA) is 60.9 Å². The molecular weight excluding hydrogens is 561 g/mol. The molecule has 4 aromatic carbocycles. The van der Waals surface area contributed by atoms with Gasteiger partial charge in [-0.15, -0.1) is 0 Å². The molecule has 208 valence electrons. The van der Waals surface area contributed by atoms with Crippen LogP contribution in [-0.4, -0.2) is 47.1 Å². The van der Waals surface area contributed by atoms with Gasteiger partial charge in [0.2, 0.25) is 0 Å². The fourth-order valence-electron chi connectivity index (χ4n) is 5.38. The van der Waals surface area contributed by atoms with Crippen LogP contribution < -0.4 is 9.80 Å². The summed E-state index contributed by atoms with van der Waals surface area (Å²) in [5.74, 6) is -0.856. The fourth-order valence-corrected chi connectivity index (χ4v) is 6.89. The zero-order valence-electron chi connectivity index (χ0n) is 22.3. The molecule has 0 radical (unpaired) electrons. The van der Waals surface area contributed by atoms with Crippen molar-refractivity contribution in [2.45, 2.75) is 23.3 Å². The predicted octanol–water partition coefficient (Wildman–Crippen LogP) is 6.08. The van der Waals surface area contributed by atoms with Gasteiger partial charge in [-0.3, -0.25) is 9.59 Å². The Balaban J connectivity index is 1.31. The molecule has 2 heterocycles. The molecular formula is C32H27ClFN3O3S. The molecule has 9 heteroatoms. The Labute approximate surface area is 245 Å². The van der Waals surface area contributed by atoms with Crippen LogP contribution in [0.4, 0.5) is 15.8 Å². The van der Waals surface area contributed by atoms with E-state index < -0.39 is 10.8 Å². The van der Waals surface area contributed by atoms with E-state index in [0.717, 1.165) is 11.3 Å². The molecule has 1 atom stereocenters. The van der Waals surface area contributed by atoms with Crippen LogP contribution in [-0.2, 0) is 17.3 Å². The van der Waals surface area contributed by atoms with Gasteiger partial charge < -0.3 is 14.7 Å². The van der Waals surface area contributed by atoms with Gasteiger partial charge in [0, 0.05) is 42.5 Å². The Kier molecular flexibility index (Phi) is 7.36. The summed E-state index contributed by atoms with van der Waals surface area (Å²) in [4.78, 5) is 33.9. The third-order valence-corrected chi connectivity index (χ3v) is 9.33. The fraction of sp³-hybridized carbons (Fsp3) is 0.188. The molecule has 2 aliphatic rings. The Morgan fingerprint density at radius 1 is 0.878 bits per heavy atom. The van der Waals surface area contributed by atoms with Crippen LogP contribution in [0.1, 0.15) is 31.8 Å². The summed E-state index contributed by atoms with van der Waals surface area (Å²) in [6.45, 7) is 4.54. The van der Waals surface area contributed by atoms with Crippen LogP contribution in [0.5, 0.6) is 0 Å². The van der Waals surface area contributed by atoms with Crippen molar-refractivity contribution in [3.8, 4) is 0 Å². The maximum atomic E-state index is 13.8. The summed E-state index contributed by atoms with van der Waals surface area (Å²) in [5.41, 5.74) is 4.06. The number of aryl methyl sites for hydroxylation is 1. The van der Waals surface area contributed by atoms with Crippen molar-refractivity contribution < 1.29 is 18.2 Å². The number of hydrogen-bond donors (Lipinski definition) is 0. The highest BCUT2D eigenvalue weighted by Gasteiger charge is 2.32. The Bertz CT molecular complexity index is 1690. The number of piperazine rings is 1. The van der Waals surface area contributed by atoms with Crippen molar-refractivity contribution in [3.63, 3.8) is 0 Å². The van der Waals surface area contributed by atoms with Gasteiger partial charge in [0.25, 0.3) is 11.8 Å². The number of carbonyl (C=O) groups is 2. The lowest BCUT2D eigenvalue weighted by Gasteiger charge is -2.37. The Morgan fingerprint density at radius 3 is 2.37 bits per heavy atom. The zero-order chi connectivity index (χ0) is 28.7. The smallest absolute Gasteiger partial charge is 0.259 e. The van der Waals surface area contributed by atoms with E-state index in [4.69, 9.17) is 11.6 Å². The van der Waals surface area contributed by atoms with E-state index in [-0.39, 0.29) is 24.2 Å². The van der Waals surface area contributed by atoms with Crippen molar-refractivity contribution >= 4 is 45.6 Å². The molecule has 1 saturated heterocycles. The highest BCUT2D eigenvalue weighted by atomic mass is 35.5. The first-order valence-electron chi connectivity index (χ1n) is 13.3. The number of fused-ring (bicyclic) bond motifs is 2. The number of carbonyl (C=O) groups excluding carboxylic acids is 2. The lowest BCUT2D eigenvalue weighted by molar-refractivity contribution is 0.0746. The zero-order valence-corrected chi connectivity index (χ0v) is 23.9. The average Bonchev–Trinajstić information content (AvgIpc) is 3.08. The molecule has 1 fully saturated rings. The third-order valence-electron chi connectivity index (χ3n) is 7.59. The second kappa shape index (κ2) is 11.1. The van der Waals surface area contributed by atoms with Gasteiger partial charge >= 0.3 is 0 Å². The molecule has 0 spiro atoms. The number of benzene rings is 4. The molecule has 0 unspecified atom stereocenters. The highest BCUT2D eigenvalue weighted by molar-refractivity contribution is 7.85. The predicted molar refractivity (Wildman–Crippen MR) is 159 cm³/mol. The molecule has 0 bridgehead atoms. The van der Waals surface area contributed by atoms with E-state index in [1.54, 1.807) is 59.5 Å². The van der Waals surface area contributed by atoms with E-state index in [9.17, 15) is 18.2 Å². The molecule has 0 saturated carbocycles. The van der Waals surface area contributed by atoms with Crippen molar-refractivity contribution in [2.24, 2.45) is 0 Å². The summed E-state index contributed by atoms with van der Waals surface area (Å²) in [6.07, 6.45) is 0. The van der Waals surface area contributed by atoms with Crippen LogP contribution in [0.2, 0.25) is 5.02 Å². The van der Waals surface area contributed by atoms with E-state index in [1.807, 2.05) is 25.1 Å². The van der Waals surface area contributed by atoms with Gasteiger partial charge in [-0.2, -0.15) is 0 Å². The van der Waals surface area contributed by atoms with Gasteiger partial charge in [-0.1, -0.05) is 41.9 Å². The standard InChI is InChI=1S/C32H27ClFN3O3S/c1-21-6-10-24(33)19-27(21)35-14-16-36(17-15-35)31(38)23-9-13-30-28(18-23)37(20-22-7-11-25(34)12-8-22)32(39)26-4-2-3-5-29(26)41(30)40/h2-13,18-19H,14-17,20H2,1H3/t41-/m0/s1. The number of halogens is 2. The summed E-state index contributed by atoms with van der Waals surface area (Å²) in [5, 5.41) is 0.674. The highest BCUT2D eigenvalue weighted by Crippen LogP contribution is 2.36. The largest absolute Gasteiger partial charge is 0.368 e. The number of amides is 2. The molecule has 6 rings (SSSR count). The SMILES string of the molecule is Cc1ccc(Cl)cc1N1CCN(C(=O)c2ccc3c(c2)N(Cc2ccc(F)cc2)C(=O)c2ccccc2[S@@]3=O)CC1. The maximum absolute atomic E-state index is 13.8. The Morgan fingerprint density at radius 2 is 1.61 bits per heavy atom.